The Morgan fingerprint density at radius 3 is 1.98 bits per heavy atom. The number of hydrogen-bond acceptors (Lipinski definition) is 11. The van der Waals surface area contributed by atoms with Gasteiger partial charge < -0.3 is 29.0 Å². The van der Waals surface area contributed by atoms with Gasteiger partial charge in [-0.15, -0.1) is 0 Å². The molecule has 2 amide bonds. The molecule has 0 aromatic heterocycles. The lowest BCUT2D eigenvalue weighted by Gasteiger charge is -2.46. The summed E-state index contributed by atoms with van der Waals surface area (Å²) >= 11 is 0. The van der Waals surface area contributed by atoms with Gasteiger partial charge >= 0.3 is 18.2 Å². The molecule has 2 heterocycles. The van der Waals surface area contributed by atoms with Gasteiger partial charge in [-0.25, -0.2) is 14.5 Å². The number of esters is 1. The van der Waals surface area contributed by atoms with Crippen LogP contribution in [0.4, 0.5) is 15.3 Å². The summed E-state index contributed by atoms with van der Waals surface area (Å²) in [5, 5.41) is 1.97. The molecule has 49 heavy (non-hydrogen) atoms. The Morgan fingerprint density at radius 2 is 1.43 bits per heavy atom. The molecule has 278 valence electrons. The second kappa shape index (κ2) is 16.6. The molecule has 0 spiro atoms. The minimum Gasteiger partial charge on any atom is -0.459 e. The molecule has 2 atom stereocenters. The second-order valence-corrected chi connectivity index (χ2v) is 18.9. The summed E-state index contributed by atoms with van der Waals surface area (Å²) < 4.78 is 38.0. The highest BCUT2D eigenvalue weighted by molar-refractivity contribution is 7.62. The van der Waals surface area contributed by atoms with Crippen molar-refractivity contribution in [2.24, 2.45) is 0 Å². The third-order valence-electron chi connectivity index (χ3n) is 8.26. The summed E-state index contributed by atoms with van der Waals surface area (Å²) in [7, 11) is -3.57. The smallest absolute Gasteiger partial charge is 0.419 e. The van der Waals surface area contributed by atoms with E-state index < -0.39 is 47.5 Å². The first-order chi connectivity index (χ1) is 22.7. The Hall–Kier alpha value is -2.66. The summed E-state index contributed by atoms with van der Waals surface area (Å²) in [6, 6.07) is 8.32. The molecule has 0 saturated carbocycles. The number of imide groups is 1. The fourth-order valence-corrected chi connectivity index (χ4v) is 9.19. The topological polar surface area (TPSA) is 127 Å². The highest BCUT2D eigenvalue weighted by atomic mass is 31.2. The first-order valence-electron chi connectivity index (χ1n) is 17.7. The number of nitrogens with zero attached hydrogens (tertiary/aromatic N) is 3. The summed E-state index contributed by atoms with van der Waals surface area (Å²) in [5.41, 5.74) is -0.159. The number of ether oxygens (including phenoxy) is 3. The van der Waals surface area contributed by atoms with E-state index in [2.05, 4.69) is 27.2 Å². The van der Waals surface area contributed by atoms with Crippen LogP contribution in [-0.4, -0.2) is 108 Å². The van der Waals surface area contributed by atoms with Crippen molar-refractivity contribution in [1.29, 1.82) is 0 Å². The monoisotopic (exact) mass is 708 g/mol. The number of piperazine rings is 1. The van der Waals surface area contributed by atoms with Gasteiger partial charge in [-0.1, -0.05) is 18.2 Å². The maximum absolute atomic E-state index is 14.9. The van der Waals surface area contributed by atoms with E-state index in [1.807, 2.05) is 12.1 Å². The SMILES string of the molecule is CCOP1(=O)CCN(Cc2ccccc2N2CCNCC2)CC1(CCCCN(C(=O)OC(C)(C)C)C(=O)OC(C)(C)C)C(=O)OC(C)(C)C. The molecule has 2 aliphatic rings. The minimum atomic E-state index is -3.57. The molecule has 2 fully saturated rings. The molecule has 0 aliphatic carbocycles. The van der Waals surface area contributed by atoms with Crippen molar-refractivity contribution in [1.82, 2.24) is 15.1 Å². The Labute approximate surface area is 294 Å². The Balaban J connectivity index is 1.91. The van der Waals surface area contributed by atoms with Crippen LogP contribution in [0.3, 0.4) is 0 Å². The molecule has 1 aromatic carbocycles. The van der Waals surface area contributed by atoms with Crippen molar-refractivity contribution in [3.63, 3.8) is 0 Å². The number of carbonyl (C=O) groups is 3. The number of nitrogens with one attached hydrogen (secondary N) is 1. The highest BCUT2D eigenvalue weighted by Crippen LogP contribution is 2.64. The number of carbonyl (C=O) groups excluding carboxylic acids is 3. The summed E-state index contributed by atoms with van der Waals surface area (Å²) in [6.45, 7) is 22.6. The summed E-state index contributed by atoms with van der Waals surface area (Å²) in [5.74, 6) is -0.548. The highest BCUT2D eigenvalue weighted by Gasteiger charge is 2.59. The fourth-order valence-electron chi connectivity index (χ4n) is 6.18. The number of para-hydroxylation sites is 1. The molecule has 1 aromatic rings. The van der Waals surface area contributed by atoms with Gasteiger partial charge in [0.15, 0.2) is 5.16 Å². The van der Waals surface area contributed by atoms with Crippen LogP contribution in [-0.2, 0) is 34.6 Å². The molecule has 13 heteroatoms. The molecule has 2 unspecified atom stereocenters. The van der Waals surface area contributed by atoms with Crippen LogP contribution < -0.4 is 10.2 Å². The van der Waals surface area contributed by atoms with Crippen molar-refractivity contribution in [3.05, 3.63) is 29.8 Å². The molecule has 2 saturated heterocycles. The number of unbranched alkanes of at least 4 members (excludes halogenated alkanes) is 1. The number of hydrogen-bond donors (Lipinski definition) is 1. The molecular weight excluding hydrogens is 647 g/mol. The van der Waals surface area contributed by atoms with E-state index in [0.717, 1.165) is 42.3 Å². The van der Waals surface area contributed by atoms with Gasteiger partial charge in [0.05, 0.1) is 6.61 Å². The van der Waals surface area contributed by atoms with Gasteiger partial charge in [-0.2, -0.15) is 0 Å². The van der Waals surface area contributed by atoms with Crippen LogP contribution in [0.1, 0.15) is 94.1 Å². The van der Waals surface area contributed by atoms with Gasteiger partial charge in [-0.3, -0.25) is 14.3 Å². The van der Waals surface area contributed by atoms with Gasteiger partial charge in [0.25, 0.3) is 0 Å². The maximum atomic E-state index is 14.9. The Bertz CT molecular complexity index is 1300. The minimum absolute atomic E-state index is 0.00502. The Morgan fingerprint density at radius 1 is 0.857 bits per heavy atom. The molecular formula is C36H61N4O8P. The van der Waals surface area contributed by atoms with Crippen LogP contribution in [0.2, 0.25) is 0 Å². The molecule has 3 rings (SSSR count). The summed E-state index contributed by atoms with van der Waals surface area (Å²) in [4.78, 5) is 46.1. The lowest BCUT2D eigenvalue weighted by molar-refractivity contribution is -0.160. The second-order valence-electron chi connectivity index (χ2n) is 16.0. The molecule has 0 radical (unpaired) electrons. The predicted molar refractivity (Wildman–Crippen MR) is 193 cm³/mol. The van der Waals surface area contributed by atoms with Crippen molar-refractivity contribution < 1.29 is 37.7 Å². The van der Waals surface area contributed by atoms with Gasteiger partial charge in [-0.05, 0) is 100 Å². The molecule has 0 bridgehead atoms. The fraction of sp³-hybridized carbons (Fsp3) is 0.750. The van der Waals surface area contributed by atoms with Crippen LogP contribution in [0.25, 0.3) is 0 Å². The van der Waals surface area contributed by atoms with Crippen LogP contribution in [0.5, 0.6) is 0 Å². The van der Waals surface area contributed by atoms with Gasteiger partial charge in [0.2, 0.25) is 7.37 Å². The van der Waals surface area contributed by atoms with E-state index in [9.17, 15) is 18.9 Å². The van der Waals surface area contributed by atoms with Crippen molar-refractivity contribution >= 4 is 31.2 Å². The summed E-state index contributed by atoms with van der Waals surface area (Å²) in [6.07, 6.45) is -0.542. The van der Waals surface area contributed by atoms with E-state index in [1.165, 1.54) is 0 Å². The van der Waals surface area contributed by atoms with Crippen LogP contribution in [0, 0.1) is 0 Å². The lowest BCUT2D eigenvalue weighted by atomic mass is 9.98. The predicted octanol–water partition coefficient (Wildman–Crippen LogP) is 6.65. The third kappa shape index (κ3) is 11.7. The molecule has 1 N–H and O–H groups in total. The first-order valence-corrected chi connectivity index (χ1v) is 19.5. The average Bonchev–Trinajstić information content (AvgIpc) is 2.96. The number of amides is 2. The zero-order valence-corrected chi connectivity index (χ0v) is 32.5. The zero-order chi connectivity index (χ0) is 36.7. The normalized spacial score (nSPS) is 22.4. The maximum Gasteiger partial charge on any atom is 0.419 e. The average molecular weight is 709 g/mol. The van der Waals surface area contributed by atoms with Gasteiger partial charge in [0.1, 0.15) is 16.8 Å². The number of anilines is 1. The van der Waals surface area contributed by atoms with E-state index >= 15 is 0 Å². The van der Waals surface area contributed by atoms with E-state index in [-0.39, 0.29) is 32.3 Å². The largest absolute Gasteiger partial charge is 0.459 e. The van der Waals surface area contributed by atoms with Crippen LogP contribution >= 0.6 is 7.37 Å². The van der Waals surface area contributed by atoms with E-state index in [4.69, 9.17) is 18.7 Å². The number of rotatable bonds is 11. The molecule has 12 nitrogen and oxygen atoms in total. The van der Waals surface area contributed by atoms with E-state index in [0.29, 0.717) is 25.9 Å². The molecule has 2 aliphatic heterocycles. The van der Waals surface area contributed by atoms with E-state index in [1.54, 1.807) is 69.2 Å². The standard InChI is InChI=1S/C36H61N4O8P/c1-11-45-49(44)25-24-38(26-28-16-12-13-17-29(28)39-22-19-37-20-23-39)27-36(49,30(41)46-33(2,3)4)18-14-15-21-40(31(42)47-34(5,6)7)32(43)48-35(8,9)10/h12-13,16-17,37H,11,14-15,18-27H2,1-10H3. The van der Waals surface area contributed by atoms with Crippen molar-refractivity contribution in [2.75, 3.05) is 63.5 Å². The Kier molecular flexibility index (Phi) is 13.8. The quantitative estimate of drug-likeness (QED) is 0.115. The van der Waals surface area contributed by atoms with Gasteiger partial charge in [0, 0.05) is 64.2 Å². The lowest BCUT2D eigenvalue weighted by Crippen LogP contribution is -2.56. The first kappa shape index (κ1) is 40.8. The number of benzene rings is 1. The van der Waals surface area contributed by atoms with Crippen molar-refractivity contribution in [2.45, 2.75) is 117 Å². The zero-order valence-electron chi connectivity index (χ0n) is 31.6. The van der Waals surface area contributed by atoms with Crippen molar-refractivity contribution in [3.8, 4) is 0 Å². The third-order valence-corrected chi connectivity index (χ3v) is 11.6. The van der Waals surface area contributed by atoms with Crippen LogP contribution in [0.15, 0.2) is 24.3 Å².